The summed E-state index contributed by atoms with van der Waals surface area (Å²) in [6.07, 6.45) is -2.63. The van der Waals surface area contributed by atoms with Gasteiger partial charge in [-0.2, -0.15) is 18.3 Å². The summed E-state index contributed by atoms with van der Waals surface area (Å²) in [5.74, 6) is 0.977. The summed E-state index contributed by atoms with van der Waals surface area (Å²) in [7, 11) is 3.50. The number of aromatic nitrogens is 2. The molecule has 2 rings (SSSR count). The van der Waals surface area contributed by atoms with Crippen molar-refractivity contribution in [1.29, 1.82) is 0 Å². The highest BCUT2D eigenvalue weighted by atomic mass is 19.4. The lowest BCUT2D eigenvalue weighted by molar-refractivity contribution is -0.137. The second-order valence-electron chi connectivity index (χ2n) is 5.17. The number of nitrogens with one attached hydrogen (secondary N) is 2. The highest BCUT2D eigenvalue weighted by molar-refractivity contribution is 5.79. The van der Waals surface area contributed by atoms with Gasteiger partial charge in [0.05, 0.1) is 24.3 Å². The van der Waals surface area contributed by atoms with Crippen LogP contribution in [0.4, 0.5) is 13.2 Å². The number of ether oxygens (including phenoxy) is 1. The van der Waals surface area contributed by atoms with E-state index >= 15 is 0 Å². The molecule has 2 N–H and O–H groups in total. The van der Waals surface area contributed by atoms with Crippen molar-refractivity contribution >= 4 is 5.96 Å². The van der Waals surface area contributed by atoms with Crippen LogP contribution in [-0.4, -0.2) is 35.9 Å². The topological polar surface area (TPSA) is 63.5 Å². The van der Waals surface area contributed by atoms with Crippen LogP contribution in [0.5, 0.6) is 5.75 Å². The summed E-state index contributed by atoms with van der Waals surface area (Å²) in [6.45, 7) is 1.31. The van der Waals surface area contributed by atoms with Crippen molar-refractivity contribution < 1.29 is 17.9 Å². The van der Waals surface area contributed by atoms with Crippen LogP contribution in [0.3, 0.4) is 0 Å². The molecule has 1 heterocycles. The molecule has 0 fully saturated rings. The van der Waals surface area contributed by atoms with E-state index in [1.165, 1.54) is 12.1 Å². The molecule has 0 saturated heterocycles. The molecule has 25 heavy (non-hydrogen) atoms. The first-order valence-electron chi connectivity index (χ1n) is 7.61. The van der Waals surface area contributed by atoms with Gasteiger partial charge in [0.15, 0.2) is 5.96 Å². The molecule has 0 aliphatic heterocycles. The van der Waals surface area contributed by atoms with Crippen molar-refractivity contribution in [1.82, 2.24) is 20.4 Å². The van der Waals surface area contributed by atoms with E-state index in [0.29, 0.717) is 24.8 Å². The molecular weight excluding hydrogens is 335 g/mol. The van der Waals surface area contributed by atoms with Gasteiger partial charge in [0, 0.05) is 20.3 Å². The third-order valence-electron chi connectivity index (χ3n) is 3.43. The van der Waals surface area contributed by atoms with Crippen LogP contribution in [0.1, 0.15) is 11.3 Å². The van der Waals surface area contributed by atoms with Crippen molar-refractivity contribution in [3.05, 3.63) is 47.8 Å². The quantitative estimate of drug-likeness (QED) is 0.474. The average molecular weight is 355 g/mol. The van der Waals surface area contributed by atoms with E-state index in [2.05, 4.69) is 20.7 Å². The zero-order chi connectivity index (χ0) is 18.3. The van der Waals surface area contributed by atoms with Gasteiger partial charge in [0.25, 0.3) is 0 Å². The highest BCUT2D eigenvalue weighted by Crippen LogP contribution is 2.30. The van der Waals surface area contributed by atoms with E-state index in [4.69, 9.17) is 4.74 Å². The van der Waals surface area contributed by atoms with Crippen molar-refractivity contribution in [3.63, 3.8) is 0 Å². The second-order valence-corrected chi connectivity index (χ2v) is 5.17. The predicted molar refractivity (Wildman–Crippen MR) is 88.3 cm³/mol. The maximum Gasteiger partial charge on any atom is 0.416 e. The van der Waals surface area contributed by atoms with Crippen LogP contribution < -0.4 is 15.4 Å². The number of hydrogen-bond donors (Lipinski definition) is 2. The summed E-state index contributed by atoms with van der Waals surface area (Å²) < 4.78 is 44.6. The normalized spacial score (nSPS) is 12.1. The molecular formula is C16H20F3N5O. The Balaban J connectivity index is 1.71. The smallest absolute Gasteiger partial charge is 0.416 e. The van der Waals surface area contributed by atoms with Gasteiger partial charge in [0.1, 0.15) is 12.4 Å². The number of rotatable bonds is 6. The van der Waals surface area contributed by atoms with Crippen LogP contribution in [0.25, 0.3) is 0 Å². The van der Waals surface area contributed by atoms with E-state index in [0.717, 1.165) is 17.8 Å². The van der Waals surface area contributed by atoms with Crippen LogP contribution in [0.2, 0.25) is 0 Å². The van der Waals surface area contributed by atoms with Crippen molar-refractivity contribution in [2.45, 2.75) is 12.7 Å². The molecule has 1 aromatic heterocycles. The molecule has 2 aromatic rings. The summed E-state index contributed by atoms with van der Waals surface area (Å²) in [5, 5.41) is 10.3. The van der Waals surface area contributed by atoms with Crippen LogP contribution in [0.15, 0.2) is 41.5 Å². The molecule has 0 unspecified atom stereocenters. The Morgan fingerprint density at radius 3 is 2.48 bits per heavy atom. The maximum atomic E-state index is 12.5. The summed E-state index contributed by atoms with van der Waals surface area (Å²) in [6, 6.07) is 6.50. The Morgan fingerprint density at radius 1 is 1.20 bits per heavy atom. The van der Waals surface area contributed by atoms with Crippen molar-refractivity contribution in [3.8, 4) is 5.75 Å². The predicted octanol–water partition coefficient (Wildman–Crippen LogP) is 2.18. The molecule has 0 aliphatic carbocycles. The minimum atomic E-state index is -4.34. The molecule has 136 valence electrons. The first-order valence-corrected chi connectivity index (χ1v) is 7.61. The Labute approximate surface area is 143 Å². The van der Waals surface area contributed by atoms with Crippen LogP contribution in [-0.2, 0) is 19.8 Å². The molecule has 0 saturated carbocycles. The molecule has 0 bridgehead atoms. The number of nitrogens with zero attached hydrogens (tertiary/aromatic N) is 3. The zero-order valence-corrected chi connectivity index (χ0v) is 14.0. The fraction of sp³-hybridized carbons (Fsp3) is 0.375. The number of alkyl halides is 3. The molecule has 0 spiro atoms. The van der Waals surface area contributed by atoms with E-state index in [1.807, 2.05) is 13.1 Å². The fourth-order valence-corrected chi connectivity index (χ4v) is 2.05. The Kier molecular flexibility index (Phi) is 6.26. The average Bonchev–Trinajstić information content (AvgIpc) is 2.99. The molecule has 0 radical (unpaired) electrons. The molecule has 0 amide bonds. The van der Waals surface area contributed by atoms with E-state index < -0.39 is 11.7 Å². The van der Waals surface area contributed by atoms with E-state index in [-0.39, 0.29) is 6.61 Å². The van der Waals surface area contributed by atoms with Gasteiger partial charge in [-0.1, -0.05) is 0 Å². The fourth-order valence-electron chi connectivity index (χ4n) is 2.05. The Hall–Kier alpha value is -2.71. The lowest BCUT2D eigenvalue weighted by Gasteiger charge is -2.13. The van der Waals surface area contributed by atoms with Gasteiger partial charge in [0.2, 0.25) is 0 Å². The molecule has 0 atom stereocenters. The van der Waals surface area contributed by atoms with Gasteiger partial charge in [-0.25, -0.2) is 0 Å². The maximum absolute atomic E-state index is 12.5. The first-order chi connectivity index (χ1) is 11.9. The summed E-state index contributed by atoms with van der Waals surface area (Å²) in [5.41, 5.74) is 0.307. The van der Waals surface area contributed by atoms with Crippen LogP contribution >= 0.6 is 0 Å². The minimum Gasteiger partial charge on any atom is -0.492 e. The van der Waals surface area contributed by atoms with Crippen molar-refractivity contribution in [2.75, 3.05) is 20.2 Å². The summed E-state index contributed by atoms with van der Waals surface area (Å²) in [4.78, 5) is 4.08. The SMILES string of the molecule is CN=C(NCCOc1ccc(C(F)(F)F)cc1)NCc1ccnn1C. The first kappa shape index (κ1) is 18.6. The Bertz CT molecular complexity index is 695. The monoisotopic (exact) mass is 355 g/mol. The minimum absolute atomic E-state index is 0.289. The number of hydrogen-bond acceptors (Lipinski definition) is 3. The van der Waals surface area contributed by atoms with Gasteiger partial charge in [-0.15, -0.1) is 0 Å². The van der Waals surface area contributed by atoms with Gasteiger partial charge >= 0.3 is 6.18 Å². The number of halogens is 3. The molecule has 6 nitrogen and oxygen atoms in total. The third kappa shape index (κ3) is 5.70. The highest BCUT2D eigenvalue weighted by Gasteiger charge is 2.29. The molecule has 0 aliphatic rings. The number of aliphatic imine (C=N–C) groups is 1. The number of guanidine groups is 1. The van der Waals surface area contributed by atoms with Crippen molar-refractivity contribution in [2.24, 2.45) is 12.0 Å². The molecule has 1 aromatic carbocycles. The second kappa shape index (κ2) is 8.41. The van der Waals surface area contributed by atoms with E-state index in [9.17, 15) is 13.2 Å². The zero-order valence-electron chi connectivity index (χ0n) is 14.0. The lowest BCUT2D eigenvalue weighted by Crippen LogP contribution is -2.39. The summed E-state index contributed by atoms with van der Waals surface area (Å²) >= 11 is 0. The molecule has 9 heteroatoms. The number of aryl methyl sites for hydroxylation is 1. The van der Waals surface area contributed by atoms with Gasteiger partial charge in [-0.3, -0.25) is 9.67 Å². The largest absolute Gasteiger partial charge is 0.492 e. The Morgan fingerprint density at radius 2 is 1.92 bits per heavy atom. The van der Waals surface area contributed by atoms with Gasteiger partial charge < -0.3 is 15.4 Å². The number of benzene rings is 1. The third-order valence-corrected chi connectivity index (χ3v) is 3.43. The lowest BCUT2D eigenvalue weighted by atomic mass is 10.2. The van der Waals surface area contributed by atoms with E-state index in [1.54, 1.807) is 17.9 Å². The van der Waals surface area contributed by atoms with Crippen LogP contribution in [0, 0.1) is 0 Å². The standard InChI is InChI=1S/C16H20F3N5O/c1-20-15(22-11-13-7-8-23-24(13)2)21-9-10-25-14-5-3-12(4-6-14)16(17,18)19/h3-8H,9-11H2,1-2H3,(H2,20,21,22). The van der Waals surface area contributed by atoms with Gasteiger partial charge in [-0.05, 0) is 30.3 Å².